The number of benzene rings is 4. The smallest absolute Gasteiger partial charge is 1.00 e. The summed E-state index contributed by atoms with van der Waals surface area (Å²) in [6.07, 6.45) is -17.6. The number of aryl methyl sites for hydroxylation is 3. The third kappa shape index (κ3) is 43.1. The number of carbonyl (C=O) groups excluding carboxylic acids is 14. The number of imide groups is 1. The average molecular weight is 2100 g/mol. The SMILES string of the molecule is CC(C)(C)C(=O)CC#N.CCS(=O)(=O)c1cc(C(F)(F)F)ccc1C(=O)N(C(C)=O)c1cc(C(C)(C)C)oc1C.CCS(=O)(=O)c1cc(C(F)(F)F)ccc1C(=O)Nc1cc(C(C)(C)C)oc1C.CCSc1cc(C(F)(F)F)ccc1C(=O)Cl.CCSc1cc(C(F)(F)F)ccc1C(=O)Nc1cc(C(C)(C)C)oc1C.COC(=O)CO.COC(=O)c1oc(C(C)(C)C)cc1N.O=C=O.O=C=O.O=C=O.[H-].[Na+]. The van der Waals surface area contributed by atoms with E-state index in [0.717, 1.165) is 66.9 Å². The van der Waals surface area contributed by atoms with Gasteiger partial charge in [0.15, 0.2) is 25.5 Å². The van der Waals surface area contributed by atoms with Gasteiger partial charge in [0.05, 0.1) is 110 Å². The van der Waals surface area contributed by atoms with E-state index < -0.39 is 146 Å². The number of Topliss-reactive ketones (excluding diaryl/α,β-unsaturated/α-hetero) is 1. The van der Waals surface area contributed by atoms with Crippen LogP contribution in [0.5, 0.6) is 0 Å². The standard InChI is InChI=1S/C21H24F3NO5S.C19H22F3NO4S.C19H22F3NO2S.C10H8ClF3OS.C10H15NO3.C7H11NO.C3H6O3.3CO2.Na.H/c1-7-31(28,29)17-10-14(21(22,23)24)8-9-15(17)19(27)25(13(3)26)16-11-18(20(4,5)6)30-12(16)2;1-6-28(25,26)15-9-12(19(20,21)22)7-8-13(15)17(24)23-14-10-16(18(3,4)5)27-11(14)2;1-6-26-15-9-12(19(20,21)22)7-8-13(15)17(24)23-14-10-16(18(3,4)5)25-11(14)2;1-2-16-8-5-6(10(12,13)14)3-4-7(8)9(11)15;1-10(2,3)7-5-6(11)8(14-7)9(12)13-4;1-7(2,3)6(9)4-5-8;1-6-3(5)2-4;3*2-1-3;;/h8-11H,7H2,1-6H3;7-10H,6H2,1-5H3,(H,23,24);7-10H,6H2,1-5H3,(H,23,24);3-5H,2H2,1H3;5H,11H2,1-4H3;4H2,1-3H3;4H,2H2,1H3;;;;;/q;;;;;;;;;;+1;-1. The van der Waals surface area contributed by atoms with Crippen molar-refractivity contribution in [3.05, 3.63) is 188 Å². The van der Waals surface area contributed by atoms with Gasteiger partial charge in [0, 0.05) is 73.6 Å². The van der Waals surface area contributed by atoms with E-state index in [1.165, 1.54) is 58.9 Å². The number of rotatable bonds is 18. The number of nitrogens with two attached hydrogens (primary N) is 1. The van der Waals surface area contributed by atoms with Crippen molar-refractivity contribution < 1.29 is 200 Å². The number of thioether (sulfide) groups is 2. The molecule has 0 aliphatic rings. The predicted octanol–water partition coefficient (Wildman–Crippen LogP) is 18.3. The van der Waals surface area contributed by atoms with Gasteiger partial charge < -0.3 is 50.0 Å². The Bertz CT molecular complexity index is 5930. The number of nitriles is 1. The van der Waals surface area contributed by atoms with Crippen molar-refractivity contribution in [1.82, 2.24) is 0 Å². The molecule has 0 atom stereocenters. The average Bonchev–Trinajstić information content (AvgIpc) is 1.25. The van der Waals surface area contributed by atoms with Crippen LogP contribution in [0, 0.1) is 37.5 Å². The van der Waals surface area contributed by atoms with Crippen LogP contribution in [0.3, 0.4) is 0 Å². The van der Waals surface area contributed by atoms with Gasteiger partial charge in [0.25, 0.3) is 23.0 Å². The number of furan rings is 4. The largest absolute Gasteiger partial charge is 1.00 e. The summed E-state index contributed by atoms with van der Waals surface area (Å²) in [4.78, 5) is 142. The maximum absolute atomic E-state index is 13.3. The number of nitrogens with zero attached hydrogens (tertiary/aromatic N) is 2. The number of sulfone groups is 2. The normalized spacial score (nSPS) is 11.3. The molecule has 4 amide bonds. The van der Waals surface area contributed by atoms with Gasteiger partial charge in [-0.05, 0) is 117 Å². The third-order valence-electron chi connectivity index (χ3n) is 17.7. The molecule has 0 aliphatic heterocycles. The number of hydrogen-bond donors (Lipinski definition) is 4. The molecule has 4 heterocycles. The van der Waals surface area contributed by atoms with Gasteiger partial charge in [-0.3, -0.25) is 28.8 Å². The molecule has 768 valence electrons. The molecular weight excluding hydrogens is 1990 g/mol. The molecule has 8 aromatic rings. The number of methoxy groups -OCH3 is 2. The van der Waals surface area contributed by atoms with E-state index in [-0.39, 0.29) is 122 Å². The number of amides is 4. The van der Waals surface area contributed by atoms with Crippen molar-refractivity contribution in [3.63, 3.8) is 0 Å². The van der Waals surface area contributed by atoms with Crippen LogP contribution in [0.15, 0.2) is 134 Å². The molecule has 0 spiro atoms. The van der Waals surface area contributed by atoms with Gasteiger partial charge in [-0.25, -0.2) is 31.3 Å². The van der Waals surface area contributed by atoms with E-state index >= 15 is 0 Å². The Hall–Kier alpha value is -11.2. The first-order valence-electron chi connectivity index (χ1n) is 40.5. The molecule has 0 radical (unpaired) electrons. The number of anilines is 4. The number of ether oxygens (including phenoxy) is 2. The Morgan fingerprint density at radius 1 is 0.486 bits per heavy atom. The number of hydrogen-bond acceptors (Lipinski definition) is 29. The molecule has 0 unspecified atom stereocenters. The fourth-order valence-corrected chi connectivity index (χ4v) is 14.4. The number of esters is 2. The summed E-state index contributed by atoms with van der Waals surface area (Å²) in [5, 5.41) is 20.5. The van der Waals surface area contributed by atoms with Crippen LogP contribution in [0.25, 0.3) is 0 Å². The van der Waals surface area contributed by atoms with E-state index in [0.29, 0.717) is 91.4 Å². The van der Waals surface area contributed by atoms with Gasteiger partial charge >= 0.3 is 84.7 Å². The van der Waals surface area contributed by atoms with Crippen LogP contribution in [0.1, 0.15) is 261 Å². The second kappa shape index (κ2) is 57.0. The summed E-state index contributed by atoms with van der Waals surface area (Å²) in [5.41, 5.74) is 0.954. The number of alkyl halides is 12. The Kier molecular flexibility index (Phi) is 54.2. The molecule has 0 saturated carbocycles. The molecular formula is C92H109ClF12N5NaO25S4. The first kappa shape index (κ1) is 133. The minimum atomic E-state index is -4.80. The fraction of sp³-hybridized carbons (Fsp3) is 0.435. The quantitative estimate of drug-likeness (QED) is 0.0204. The zero-order valence-corrected chi connectivity index (χ0v) is 87.3. The number of carbonyl (C=O) groups is 8. The summed E-state index contributed by atoms with van der Waals surface area (Å²) in [6, 6.07) is 18.3. The van der Waals surface area contributed by atoms with Crippen molar-refractivity contribution >= 4 is 143 Å². The molecule has 140 heavy (non-hydrogen) atoms. The third-order valence-corrected chi connectivity index (χ3v) is 23.3. The summed E-state index contributed by atoms with van der Waals surface area (Å²) in [6.45, 7) is 40.3. The number of ketones is 1. The maximum atomic E-state index is 13.3. The van der Waals surface area contributed by atoms with Crippen molar-refractivity contribution in [2.24, 2.45) is 5.41 Å². The zero-order valence-electron chi connectivity index (χ0n) is 82.2. The zero-order chi connectivity index (χ0) is 109. The van der Waals surface area contributed by atoms with Gasteiger partial charge in [0.2, 0.25) is 11.7 Å². The summed E-state index contributed by atoms with van der Waals surface area (Å²) in [7, 11) is -5.76. The second-order valence-electron chi connectivity index (χ2n) is 33.4. The maximum Gasteiger partial charge on any atom is 1.00 e. The van der Waals surface area contributed by atoms with E-state index in [1.807, 2.05) is 117 Å². The number of nitrogen functional groups attached to an aromatic ring is 1. The minimum Gasteiger partial charge on any atom is -1.00 e. The van der Waals surface area contributed by atoms with E-state index in [4.69, 9.17) is 74.1 Å². The molecule has 8 rings (SSSR count). The number of nitrogens with one attached hydrogen (secondary N) is 2. The van der Waals surface area contributed by atoms with Crippen LogP contribution in [-0.4, -0.2) is 131 Å². The van der Waals surface area contributed by atoms with E-state index in [1.54, 1.807) is 39.0 Å². The van der Waals surface area contributed by atoms with Gasteiger partial charge in [0.1, 0.15) is 46.9 Å². The predicted molar refractivity (Wildman–Crippen MR) is 487 cm³/mol. The first-order valence-corrected chi connectivity index (χ1v) is 46.1. The Morgan fingerprint density at radius 2 is 0.800 bits per heavy atom. The van der Waals surface area contributed by atoms with Crippen LogP contribution < -0.4 is 50.8 Å². The van der Waals surface area contributed by atoms with Crippen molar-refractivity contribution in [2.75, 3.05) is 65.1 Å². The van der Waals surface area contributed by atoms with Crippen LogP contribution in [-0.2, 0) is 119 Å². The Morgan fingerprint density at radius 3 is 1.07 bits per heavy atom. The van der Waals surface area contributed by atoms with Crippen LogP contribution >= 0.6 is 35.1 Å². The first-order chi connectivity index (χ1) is 63.3. The van der Waals surface area contributed by atoms with Crippen LogP contribution in [0.2, 0.25) is 0 Å². The summed E-state index contributed by atoms with van der Waals surface area (Å²) >= 11 is 7.63. The molecule has 0 fully saturated rings. The number of halogens is 13. The fourth-order valence-electron chi connectivity index (χ4n) is 10.3. The molecule has 0 aliphatic carbocycles. The van der Waals surface area contributed by atoms with E-state index in [2.05, 4.69) is 20.1 Å². The number of aliphatic hydroxyl groups excluding tert-OH is 1. The van der Waals surface area contributed by atoms with Gasteiger partial charge in [-0.15, -0.1) is 23.5 Å². The molecule has 4 aromatic heterocycles. The monoisotopic (exact) mass is 2100 g/mol. The topological polar surface area (TPSA) is 476 Å². The van der Waals surface area contributed by atoms with Gasteiger partial charge in [-0.1, -0.05) is 132 Å². The molecule has 48 heteroatoms. The minimum absolute atomic E-state index is 0. The molecule has 0 saturated heterocycles. The van der Waals surface area contributed by atoms with Crippen LogP contribution in [0.4, 0.5) is 75.4 Å². The summed E-state index contributed by atoms with van der Waals surface area (Å²) < 4.78 is 235. The van der Waals surface area contributed by atoms with Crippen molar-refractivity contribution in [1.29, 1.82) is 5.26 Å². The molecule has 5 N–H and O–H groups in total. The Balaban J connectivity index is -0.000000796. The van der Waals surface area contributed by atoms with Gasteiger partial charge in [-0.2, -0.15) is 86.7 Å². The molecule has 30 nitrogen and oxygen atoms in total. The second-order valence-corrected chi connectivity index (χ2v) is 40.9. The van der Waals surface area contributed by atoms with Crippen molar-refractivity contribution in [2.45, 2.75) is 232 Å². The summed E-state index contributed by atoms with van der Waals surface area (Å²) in [5.74, 6) is -0.296. The van der Waals surface area contributed by atoms with Crippen molar-refractivity contribution in [3.8, 4) is 6.07 Å². The van der Waals surface area contributed by atoms with E-state index in [9.17, 15) is 108 Å². The Labute approximate surface area is 838 Å². The molecule has 0 bridgehead atoms. The number of aliphatic hydroxyl groups is 1. The molecule has 4 aromatic carbocycles.